The van der Waals surface area contributed by atoms with E-state index in [9.17, 15) is 14.4 Å². The molecule has 2 aromatic rings. The van der Waals surface area contributed by atoms with Crippen LogP contribution in [-0.4, -0.2) is 29.1 Å². The van der Waals surface area contributed by atoms with Crippen LogP contribution in [0.25, 0.3) is 0 Å². The van der Waals surface area contributed by atoms with E-state index in [2.05, 4.69) is 17.4 Å². The van der Waals surface area contributed by atoms with E-state index in [1.54, 1.807) is 13.8 Å². The van der Waals surface area contributed by atoms with Gasteiger partial charge in [0.25, 0.3) is 0 Å². The highest BCUT2D eigenvalue weighted by atomic mass is 32.1. The summed E-state index contributed by atoms with van der Waals surface area (Å²) in [5, 5.41) is 12.1. The van der Waals surface area contributed by atoms with Crippen LogP contribution in [0.3, 0.4) is 0 Å². The molecule has 3 rings (SSSR count). The van der Waals surface area contributed by atoms with Crippen LogP contribution in [0.4, 0.5) is 5.00 Å². The van der Waals surface area contributed by atoms with Crippen LogP contribution in [0.1, 0.15) is 71.8 Å². The van der Waals surface area contributed by atoms with Crippen molar-refractivity contribution in [3.63, 3.8) is 0 Å². The minimum atomic E-state index is -0.928. The Kier molecular flexibility index (Phi) is 7.26. The molecule has 0 radical (unpaired) electrons. The number of benzene rings is 1. The zero-order valence-corrected chi connectivity index (χ0v) is 18.1. The van der Waals surface area contributed by atoms with Crippen molar-refractivity contribution in [2.75, 3.05) is 5.32 Å². The van der Waals surface area contributed by atoms with E-state index in [1.807, 2.05) is 18.2 Å². The fourth-order valence-electron chi connectivity index (χ4n) is 3.76. The Labute approximate surface area is 180 Å². The van der Waals surface area contributed by atoms with Crippen molar-refractivity contribution >= 4 is 34.2 Å². The third-order valence-electron chi connectivity index (χ3n) is 5.13. The number of ether oxygens (including phenoxy) is 1. The number of aliphatic carboxylic acids is 1. The monoisotopic (exact) mass is 429 g/mol. The number of nitrogens with one attached hydrogen (secondary N) is 1. The maximum absolute atomic E-state index is 12.8. The van der Waals surface area contributed by atoms with Gasteiger partial charge in [0.1, 0.15) is 5.00 Å². The molecule has 0 aliphatic heterocycles. The molecule has 1 amide bonds. The Morgan fingerprint density at radius 3 is 2.60 bits per heavy atom. The molecule has 1 aliphatic carbocycles. The highest BCUT2D eigenvalue weighted by Gasteiger charge is 2.31. The van der Waals surface area contributed by atoms with Crippen LogP contribution >= 0.6 is 11.3 Å². The average molecular weight is 430 g/mol. The molecule has 1 aromatic carbocycles. The number of thiophene rings is 1. The topological polar surface area (TPSA) is 92.7 Å². The molecule has 6 nitrogen and oxygen atoms in total. The number of hydrogen-bond donors (Lipinski definition) is 2. The summed E-state index contributed by atoms with van der Waals surface area (Å²) in [6, 6.07) is 10.3. The molecule has 0 saturated heterocycles. The first-order valence-electron chi connectivity index (χ1n) is 10.3. The van der Waals surface area contributed by atoms with Crippen molar-refractivity contribution in [2.45, 2.75) is 64.4 Å². The molecule has 0 saturated carbocycles. The molecule has 0 fully saturated rings. The Hall–Kier alpha value is -2.67. The molecule has 0 spiro atoms. The minimum absolute atomic E-state index is 0.0602. The molecule has 160 valence electrons. The highest BCUT2D eigenvalue weighted by Crippen LogP contribution is 2.43. The fraction of sp³-hybridized carbons (Fsp3) is 0.435. The van der Waals surface area contributed by atoms with E-state index < -0.39 is 11.9 Å². The van der Waals surface area contributed by atoms with E-state index in [0.717, 1.165) is 29.7 Å². The number of fused-ring (bicyclic) bond motifs is 1. The van der Waals surface area contributed by atoms with E-state index in [1.165, 1.54) is 16.9 Å². The zero-order chi connectivity index (χ0) is 21.7. The van der Waals surface area contributed by atoms with Crippen LogP contribution in [0.2, 0.25) is 0 Å². The van der Waals surface area contributed by atoms with E-state index in [-0.39, 0.29) is 31.3 Å². The minimum Gasteiger partial charge on any atom is -0.481 e. The average Bonchev–Trinajstić information content (AvgIpc) is 3.04. The molecule has 0 bridgehead atoms. The van der Waals surface area contributed by atoms with Crippen molar-refractivity contribution in [1.82, 2.24) is 0 Å². The normalized spacial score (nSPS) is 15.5. The summed E-state index contributed by atoms with van der Waals surface area (Å²) in [6.07, 6.45) is 2.54. The lowest BCUT2D eigenvalue weighted by Crippen LogP contribution is -2.18. The van der Waals surface area contributed by atoms with Crippen LogP contribution < -0.4 is 5.32 Å². The number of anilines is 1. The lowest BCUT2D eigenvalue weighted by molar-refractivity contribution is -0.137. The smallest absolute Gasteiger partial charge is 0.341 e. The van der Waals surface area contributed by atoms with E-state index in [4.69, 9.17) is 9.84 Å². The maximum atomic E-state index is 12.8. The van der Waals surface area contributed by atoms with Crippen LogP contribution in [0.15, 0.2) is 30.3 Å². The van der Waals surface area contributed by atoms with Gasteiger partial charge in [-0.1, -0.05) is 30.3 Å². The van der Waals surface area contributed by atoms with Crippen molar-refractivity contribution in [3.8, 4) is 0 Å². The molecule has 1 heterocycles. The number of carbonyl (C=O) groups excluding carboxylic acids is 2. The predicted octanol–water partition coefficient (Wildman–Crippen LogP) is 4.78. The van der Waals surface area contributed by atoms with Crippen molar-refractivity contribution in [1.29, 1.82) is 0 Å². The quantitative estimate of drug-likeness (QED) is 0.589. The van der Waals surface area contributed by atoms with E-state index >= 15 is 0 Å². The van der Waals surface area contributed by atoms with Crippen LogP contribution in [-0.2, 0) is 27.2 Å². The second-order valence-corrected chi connectivity index (χ2v) is 8.91. The standard InChI is InChI=1S/C23H27NO5S/c1-14(2)29-23(28)21-17-12-11-16(15-7-4-3-5-8-15)13-18(17)30-22(21)24-19(25)9-6-10-20(26)27/h3-5,7-8,14,16H,6,9-13H2,1-2H3,(H,24,25)(H,26,27)/t16-/m0/s1. The number of carboxylic acid groups (broad SMARTS) is 1. The number of carbonyl (C=O) groups is 3. The van der Waals surface area contributed by atoms with Gasteiger partial charge in [0.2, 0.25) is 5.91 Å². The van der Waals surface area contributed by atoms with Gasteiger partial charge in [-0.15, -0.1) is 11.3 Å². The molecule has 7 heteroatoms. The number of amides is 1. The third kappa shape index (κ3) is 5.48. The first-order valence-corrected chi connectivity index (χ1v) is 11.1. The summed E-state index contributed by atoms with van der Waals surface area (Å²) in [4.78, 5) is 36.9. The lowest BCUT2D eigenvalue weighted by Gasteiger charge is -2.23. The molecule has 0 unspecified atom stereocenters. The van der Waals surface area contributed by atoms with Gasteiger partial charge >= 0.3 is 11.9 Å². The largest absolute Gasteiger partial charge is 0.481 e. The number of hydrogen-bond acceptors (Lipinski definition) is 5. The van der Waals surface area contributed by atoms with Gasteiger partial charge in [-0.25, -0.2) is 4.79 Å². The third-order valence-corrected chi connectivity index (χ3v) is 6.30. The van der Waals surface area contributed by atoms with Gasteiger partial charge in [-0.05, 0) is 56.6 Å². The molecular formula is C23H27NO5S. The van der Waals surface area contributed by atoms with Gasteiger partial charge in [0.15, 0.2) is 0 Å². The van der Waals surface area contributed by atoms with Crippen molar-refractivity contribution in [3.05, 3.63) is 51.9 Å². The lowest BCUT2D eigenvalue weighted by atomic mass is 9.83. The van der Waals surface area contributed by atoms with Crippen molar-refractivity contribution in [2.24, 2.45) is 0 Å². The van der Waals surface area contributed by atoms with Crippen LogP contribution in [0.5, 0.6) is 0 Å². The van der Waals surface area contributed by atoms with Gasteiger partial charge in [0, 0.05) is 17.7 Å². The van der Waals surface area contributed by atoms with Gasteiger partial charge in [0.05, 0.1) is 11.7 Å². The number of carboxylic acids is 1. The summed E-state index contributed by atoms with van der Waals surface area (Å²) in [7, 11) is 0. The zero-order valence-electron chi connectivity index (χ0n) is 17.3. The van der Waals surface area contributed by atoms with Gasteiger partial charge in [-0.2, -0.15) is 0 Å². The molecule has 30 heavy (non-hydrogen) atoms. The summed E-state index contributed by atoms with van der Waals surface area (Å²) < 4.78 is 5.45. The first-order chi connectivity index (χ1) is 14.3. The first kappa shape index (κ1) is 22.0. The molecular weight excluding hydrogens is 402 g/mol. The highest BCUT2D eigenvalue weighted by molar-refractivity contribution is 7.17. The molecule has 2 N–H and O–H groups in total. The summed E-state index contributed by atoms with van der Waals surface area (Å²) in [5.74, 6) is -1.25. The maximum Gasteiger partial charge on any atom is 0.341 e. The Morgan fingerprint density at radius 1 is 1.20 bits per heavy atom. The number of rotatable bonds is 8. The summed E-state index contributed by atoms with van der Waals surface area (Å²) in [5.41, 5.74) is 2.71. The summed E-state index contributed by atoms with van der Waals surface area (Å²) >= 11 is 1.43. The van der Waals surface area contributed by atoms with Gasteiger partial charge in [-0.3, -0.25) is 9.59 Å². The Morgan fingerprint density at radius 2 is 1.93 bits per heavy atom. The molecule has 1 aliphatic rings. The summed E-state index contributed by atoms with van der Waals surface area (Å²) in [6.45, 7) is 3.60. The van der Waals surface area contributed by atoms with E-state index in [0.29, 0.717) is 16.5 Å². The van der Waals surface area contributed by atoms with Crippen molar-refractivity contribution < 1.29 is 24.2 Å². The number of esters is 1. The van der Waals surface area contributed by atoms with Crippen LogP contribution in [0, 0.1) is 0 Å². The van der Waals surface area contributed by atoms with Gasteiger partial charge < -0.3 is 15.2 Å². The SMILES string of the molecule is CC(C)OC(=O)c1c(NC(=O)CCCC(=O)O)sc2c1CC[C@H](c1ccccc1)C2. The second kappa shape index (κ2) is 9.89. The Balaban J connectivity index is 1.83. The second-order valence-electron chi connectivity index (χ2n) is 7.81. The fourth-order valence-corrected chi connectivity index (χ4v) is 5.09. The Bertz CT molecular complexity index is 919. The molecule has 1 atom stereocenters. The molecule has 1 aromatic heterocycles. The predicted molar refractivity (Wildman–Crippen MR) is 116 cm³/mol.